The molecule has 0 aromatic carbocycles. The van der Waals surface area contributed by atoms with Crippen molar-refractivity contribution >= 4 is 32.8 Å². The predicted octanol–water partition coefficient (Wildman–Crippen LogP) is -6.22. The highest BCUT2D eigenvalue weighted by molar-refractivity contribution is 7.59. The number of nitrogens with one attached hydrogen (secondary N) is 2. The molecule has 4 rings (SSSR count). The Morgan fingerprint density at radius 3 is 2.41 bits per heavy atom. The summed E-state index contributed by atoms with van der Waals surface area (Å²) in [5.74, 6) is -0.238. The molecule has 2 unspecified atom stereocenters. The minimum Gasteiger partial charge on any atom is -0.756 e. The van der Waals surface area contributed by atoms with Crippen LogP contribution in [0.5, 0.6) is 0 Å². The lowest BCUT2D eigenvalue weighted by Gasteiger charge is -2.31. The van der Waals surface area contributed by atoms with Gasteiger partial charge in [0, 0.05) is 0 Å². The van der Waals surface area contributed by atoms with Gasteiger partial charge >= 0.3 is 5.65 Å². The van der Waals surface area contributed by atoms with Crippen LogP contribution in [0.2, 0.25) is 0 Å². The van der Waals surface area contributed by atoms with Gasteiger partial charge in [0.15, 0.2) is 6.33 Å². The van der Waals surface area contributed by atoms with Gasteiger partial charge in [-0.25, -0.2) is 8.88 Å². The first-order valence-corrected chi connectivity index (χ1v) is 13.7. The summed E-state index contributed by atoms with van der Waals surface area (Å²) in [6.45, 7) is -0.0666. The number of aromatic amines is 2. The number of hydrogen-bond acceptors (Lipinski definition) is 15. The smallest absolute Gasteiger partial charge is 0.313 e. The second kappa shape index (κ2) is 10.4. The zero-order valence-corrected chi connectivity index (χ0v) is 20.8. The van der Waals surface area contributed by atoms with Crippen LogP contribution in [-0.2, 0) is 27.2 Å². The van der Waals surface area contributed by atoms with Crippen LogP contribution in [0.4, 0.5) is 5.95 Å². The van der Waals surface area contributed by atoms with Crippen molar-refractivity contribution in [1.29, 1.82) is 0 Å². The van der Waals surface area contributed by atoms with E-state index in [1.807, 2.05) is 0 Å². The van der Waals surface area contributed by atoms with E-state index in [0.717, 1.165) is 4.57 Å². The summed E-state index contributed by atoms with van der Waals surface area (Å²) in [5, 5.41) is 41.7. The minimum atomic E-state index is -5.58. The molecule has 37 heavy (non-hydrogen) atoms. The second-order valence-corrected chi connectivity index (χ2v) is 11.6. The van der Waals surface area contributed by atoms with Crippen LogP contribution >= 0.6 is 15.6 Å². The topological polar surface area (TPSA) is 306 Å². The van der Waals surface area contributed by atoms with Crippen LogP contribution in [0.25, 0.3) is 11.2 Å². The third-order valence-electron chi connectivity index (χ3n) is 6.02. The Hall–Kier alpha value is -1.83. The van der Waals surface area contributed by atoms with Crippen LogP contribution in [0.15, 0.2) is 11.1 Å². The number of aromatic nitrogens is 4. The van der Waals surface area contributed by atoms with E-state index in [9.17, 15) is 44.1 Å². The molecule has 0 spiro atoms. The van der Waals surface area contributed by atoms with Crippen molar-refractivity contribution in [3.8, 4) is 0 Å². The molecule has 0 aliphatic carbocycles. The van der Waals surface area contributed by atoms with Crippen LogP contribution in [0, 0.1) is 0 Å². The van der Waals surface area contributed by atoms with Gasteiger partial charge in [-0.2, -0.15) is 0 Å². The normalized spacial score (nSPS) is 35.5. The molecular weight excluding hydrogens is 546 g/mol. The average Bonchev–Trinajstić information content (AvgIpc) is 3.41. The van der Waals surface area contributed by atoms with Gasteiger partial charge in [-0.15, -0.1) is 0 Å². The third-order valence-corrected chi connectivity index (χ3v) is 8.55. The SMILES string of the molecule is C[C@@H]1[NH2+][C@H](COP(=O)([O-])OP(=O)([O-])OC[C@H]2O[C@@H]([n+]3c[nH]c4c(=O)[nH]c(N)nc43)[C@H](O)[C@@H]2O)[C@@H](O)[C@@H]1O. The molecule has 2 aliphatic heterocycles. The van der Waals surface area contributed by atoms with Crippen LogP contribution in [0.3, 0.4) is 0 Å². The van der Waals surface area contributed by atoms with Gasteiger partial charge in [0.05, 0.1) is 6.61 Å². The molecule has 2 saturated heterocycles. The molecule has 0 bridgehead atoms. The van der Waals surface area contributed by atoms with E-state index in [1.54, 1.807) is 6.92 Å². The molecule has 0 saturated carbocycles. The first kappa shape index (κ1) is 28.2. The minimum absolute atomic E-state index is 0.0189. The largest absolute Gasteiger partial charge is 0.756 e. The van der Waals surface area contributed by atoms with Crippen LogP contribution in [0.1, 0.15) is 13.2 Å². The van der Waals surface area contributed by atoms with Crippen molar-refractivity contribution < 1.29 is 67.3 Å². The van der Waals surface area contributed by atoms with Gasteiger partial charge in [0.1, 0.15) is 49.2 Å². The summed E-state index contributed by atoms with van der Waals surface area (Å²) in [7, 11) is -11.1. The Morgan fingerprint density at radius 1 is 1.14 bits per heavy atom. The maximum absolute atomic E-state index is 12.1. The van der Waals surface area contributed by atoms with E-state index < -0.39 is 83.2 Å². The molecule has 10 N–H and O–H groups in total. The molecule has 2 aromatic heterocycles. The second-order valence-electron chi connectivity index (χ2n) is 8.64. The Balaban J connectivity index is 1.36. The van der Waals surface area contributed by atoms with Gasteiger partial charge in [-0.3, -0.25) is 23.9 Å². The van der Waals surface area contributed by atoms with Crippen molar-refractivity contribution in [1.82, 2.24) is 15.0 Å². The number of aliphatic hydroxyl groups excluding tert-OH is 4. The number of nitrogens with two attached hydrogens (primary N) is 2. The molecule has 0 radical (unpaired) electrons. The lowest BCUT2D eigenvalue weighted by molar-refractivity contribution is -0.745. The third kappa shape index (κ3) is 5.94. The zero-order chi connectivity index (χ0) is 27.3. The number of anilines is 1. The van der Waals surface area contributed by atoms with Crippen molar-refractivity contribution in [2.75, 3.05) is 18.9 Å². The fourth-order valence-electron chi connectivity index (χ4n) is 4.13. The van der Waals surface area contributed by atoms with Crippen molar-refractivity contribution in [2.45, 2.75) is 55.8 Å². The lowest BCUT2D eigenvalue weighted by Crippen LogP contribution is -2.93. The molecule has 19 nitrogen and oxygen atoms in total. The van der Waals surface area contributed by atoms with Crippen molar-refractivity contribution in [2.24, 2.45) is 0 Å². The standard InChI is InChI=1S/C16H26N6O13P2/c1-5-9(23)10(24)6(19-5)2-32-36(28,29)35-37(30,31)33-3-7-11(25)12(26)15(34-7)22-4-18-8-13(22)20-16(17)21-14(8)27/h4-7,9-12,15,19,23-26H,2-3H2,1H3,(H5,17,20,21,27,28,29,30,31)/t5-,6+,7+,9+,10+,11+,12+,15+/m0/s1. The fraction of sp³-hybridized carbons (Fsp3) is 0.688. The highest BCUT2D eigenvalue weighted by atomic mass is 31.3. The molecule has 0 amide bonds. The number of fused-ring (bicyclic) bond motifs is 1. The van der Waals surface area contributed by atoms with E-state index in [1.165, 1.54) is 11.6 Å². The summed E-state index contributed by atoms with van der Waals surface area (Å²) in [6.07, 6.45) is -7.44. The van der Waals surface area contributed by atoms with Gasteiger partial charge in [0.2, 0.25) is 11.7 Å². The van der Waals surface area contributed by atoms with E-state index in [-0.39, 0.29) is 17.1 Å². The number of nitrogens with zero attached hydrogens (tertiary/aromatic N) is 2. The molecule has 2 fully saturated rings. The molecule has 10 atom stereocenters. The summed E-state index contributed by atoms with van der Waals surface area (Å²) >= 11 is 0. The molecule has 208 valence electrons. The number of imidazole rings is 1. The quantitative estimate of drug-likeness (QED) is 0.102. The number of rotatable bonds is 9. The number of quaternary nitrogens is 1. The number of phosphoric ester groups is 2. The Labute approximate surface area is 207 Å². The Bertz CT molecular complexity index is 1290. The number of hydrogen-bond donors (Lipinski definition) is 8. The van der Waals surface area contributed by atoms with Crippen LogP contribution < -0.4 is 31.0 Å². The molecule has 4 heterocycles. The Morgan fingerprint density at radius 2 is 1.78 bits per heavy atom. The number of phosphoric acid groups is 2. The Kier molecular flexibility index (Phi) is 7.91. The van der Waals surface area contributed by atoms with Gasteiger partial charge in [-0.1, -0.05) is 4.98 Å². The van der Waals surface area contributed by atoms with Gasteiger partial charge in [0.25, 0.3) is 27.2 Å². The fourth-order valence-corrected chi connectivity index (χ4v) is 6.17. The van der Waals surface area contributed by atoms with Gasteiger partial charge in [-0.05, 0) is 6.92 Å². The molecule has 2 aromatic rings. The number of H-pyrrole nitrogens is 2. The number of ether oxygens (including phenoxy) is 1. The number of nitrogen functional groups attached to an aromatic ring is 1. The lowest BCUT2D eigenvalue weighted by atomic mass is 10.1. The van der Waals surface area contributed by atoms with Crippen molar-refractivity contribution in [3.63, 3.8) is 0 Å². The van der Waals surface area contributed by atoms with E-state index in [4.69, 9.17) is 10.5 Å². The zero-order valence-electron chi connectivity index (χ0n) is 19.0. The monoisotopic (exact) mass is 572 g/mol. The first-order valence-electron chi connectivity index (χ1n) is 10.8. The summed E-state index contributed by atoms with van der Waals surface area (Å²) in [4.78, 5) is 44.8. The van der Waals surface area contributed by atoms with E-state index >= 15 is 0 Å². The van der Waals surface area contributed by atoms with E-state index in [2.05, 4.69) is 28.3 Å². The van der Waals surface area contributed by atoms with Crippen LogP contribution in [-0.4, -0.2) is 91.2 Å². The number of aliphatic hydroxyl groups is 4. The molecule has 21 heteroatoms. The maximum atomic E-state index is 12.1. The molecular formula is C16H26N6O13P2. The predicted molar refractivity (Wildman–Crippen MR) is 113 cm³/mol. The highest BCUT2D eigenvalue weighted by Gasteiger charge is 2.47. The summed E-state index contributed by atoms with van der Waals surface area (Å²) in [6, 6.07) is -1.34. The summed E-state index contributed by atoms with van der Waals surface area (Å²) < 4.78 is 43.7. The van der Waals surface area contributed by atoms with E-state index in [0.29, 0.717) is 0 Å². The first-order chi connectivity index (χ1) is 17.2. The summed E-state index contributed by atoms with van der Waals surface area (Å²) in [5.41, 5.74) is 4.86. The van der Waals surface area contributed by atoms with Crippen molar-refractivity contribution in [3.05, 3.63) is 16.7 Å². The molecule has 2 aliphatic rings. The van der Waals surface area contributed by atoms with Gasteiger partial charge < -0.3 is 55.0 Å². The maximum Gasteiger partial charge on any atom is 0.313 e. The highest BCUT2D eigenvalue weighted by Crippen LogP contribution is 2.55. The average molecular weight is 572 g/mol.